The molecular weight excluding hydrogens is 394 g/mol. The summed E-state index contributed by atoms with van der Waals surface area (Å²) in [7, 11) is 0. The van der Waals surface area contributed by atoms with Crippen LogP contribution in [0.2, 0.25) is 0 Å². The van der Waals surface area contributed by atoms with Gasteiger partial charge in [0.05, 0.1) is 32.7 Å². The topological polar surface area (TPSA) is 133 Å². The van der Waals surface area contributed by atoms with Crippen molar-refractivity contribution in [1.82, 2.24) is 0 Å². The minimum atomic E-state index is -0.603. The summed E-state index contributed by atoms with van der Waals surface area (Å²) < 4.78 is 5.60. The summed E-state index contributed by atoms with van der Waals surface area (Å²) in [5.41, 5.74) is 0.145. The third-order valence-electron chi connectivity index (χ3n) is 4.44. The van der Waals surface area contributed by atoms with Crippen LogP contribution in [0.3, 0.4) is 0 Å². The molecule has 0 N–H and O–H groups in total. The molecule has 2 amide bonds. The Morgan fingerprint density at radius 2 is 1.33 bits per heavy atom. The number of carbonyl (C=O) groups is 2. The molecule has 1 aliphatic heterocycles. The molecule has 0 fully saturated rings. The van der Waals surface area contributed by atoms with Crippen molar-refractivity contribution in [2.75, 3.05) is 4.90 Å². The summed E-state index contributed by atoms with van der Waals surface area (Å²) in [6.07, 6.45) is 0. The fourth-order valence-electron chi connectivity index (χ4n) is 3.04. The van der Waals surface area contributed by atoms with E-state index < -0.39 is 21.7 Å². The quantitative estimate of drug-likeness (QED) is 0.354. The van der Waals surface area contributed by atoms with E-state index in [0.717, 1.165) is 4.90 Å². The van der Waals surface area contributed by atoms with Crippen molar-refractivity contribution in [2.24, 2.45) is 0 Å². The Kier molecular flexibility index (Phi) is 4.43. The van der Waals surface area contributed by atoms with Crippen molar-refractivity contribution in [3.63, 3.8) is 0 Å². The smallest absolute Gasteiger partial charge is 0.273 e. The van der Waals surface area contributed by atoms with Gasteiger partial charge in [-0.25, -0.2) is 4.90 Å². The highest BCUT2D eigenvalue weighted by atomic mass is 16.6. The van der Waals surface area contributed by atoms with Crippen LogP contribution in [-0.2, 0) is 0 Å². The zero-order valence-electron chi connectivity index (χ0n) is 15.1. The number of non-ortho nitro benzene ring substituents is 2. The molecule has 0 saturated heterocycles. The molecule has 3 aromatic carbocycles. The number of benzene rings is 3. The number of imide groups is 1. The first-order valence-corrected chi connectivity index (χ1v) is 8.55. The molecule has 0 atom stereocenters. The van der Waals surface area contributed by atoms with Crippen molar-refractivity contribution in [2.45, 2.75) is 0 Å². The Balaban J connectivity index is 1.63. The van der Waals surface area contributed by atoms with E-state index in [2.05, 4.69) is 0 Å². The van der Waals surface area contributed by atoms with Gasteiger partial charge in [-0.3, -0.25) is 29.8 Å². The molecule has 1 heterocycles. The maximum absolute atomic E-state index is 12.8. The Morgan fingerprint density at radius 1 is 0.700 bits per heavy atom. The van der Waals surface area contributed by atoms with E-state index in [1.807, 2.05) is 0 Å². The zero-order chi connectivity index (χ0) is 21.4. The molecule has 0 radical (unpaired) electrons. The maximum Gasteiger partial charge on any atom is 0.273 e. The first kappa shape index (κ1) is 18.7. The Hall–Kier alpha value is -4.60. The van der Waals surface area contributed by atoms with Crippen LogP contribution in [0.4, 0.5) is 17.1 Å². The molecule has 148 valence electrons. The number of nitro groups is 2. The van der Waals surface area contributed by atoms with Gasteiger partial charge in [-0.05, 0) is 36.4 Å². The second-order valence-electron chi connectivity index (χ2n) is 6.28. The van der Waals surface area contributed by atoms with Crippen LogP contribution in [0.5, 0.6) is 11.5 Å². The van der Waals surface area contributed by atoms with E-state index >= 15 is 0 Å². The number of ether oxygens (including phenoxy) is 1. The van der Waals surface area contributed by atoms with Gasteiger partial charge in [0.25, 0.3) is 23.2 Å². The summed E-state index contributed by atoms with van der Waals surface area (Å²) in [6.45, 7) is 0. The summed E-state index contributed by atoms with van der Waals surface area (Å²) in [6, 6.07) is 14.9. The SMILES string of the molecule is O=C1c2ccc(Oc3cccc([N+](=O)[O-])c3)cc2C(=O)N1c1ccc([N+](=O)[O-])cc1. The molecule has 3 aromatic rings. The van der Waals surface area contributed by atoms with Crippen molar-refractivity contribution in [3.8, 4) is 11.5 Å². The van der Waals surface area contributed by atoms with Crippen LogP contribution >= 0.6 is 0 Å². The first-order chi connectivity index (χ1) is 14.3. The molecule has 0 saturated carbocycles. The molecule has 1 aliphatic rings. The number of rotatable bonds is 5. The Labute approximate surface area is 168 Å². The lowest BCUT2D eigenvalue weighted by Gasteiger charge is -2.13. The number of nitrogens with zero attached hydrogens (tertiary/aromatic N) is 3. The number of anilines is 1. The minimum absolute atomic E-state index is 0.0984. The monoisotopic (exact) mass is 405 g/mol. The van der Waals surface area contributed by atoms with Crippen LogP contribution in [0.1, 0.15) is 20.7 Å². The minimum Gasteiger partial charge on any atom is -0.457 e. The second-order valence-corrected chi connectivity index (χ2v) is 6.28. The van der Waals surface area contributed by atoms with Gasteiger partial charge in [-0.15, -0.1) is 0 Å². The van der Waals surface area contributed by atoms with Gasteiger partial charge in [0.1, 0.15) is 11.5 Å². The highest BCUT2D eigenvalue weighted by Crippen LogP contribution is 2.33. The van der Waals surface area contributed by atoms with Crippen LogP contribution in [0, 0.1) is 20.2 Å². The summed E-state index contributed by atoms with van der Waals surface area (Å²) in [5, 5.41) is 21.7. The standard InChI is InChI=1S/C20H11N3O7/c24-19-17-9-8-16(30-15-3-1-2-14(10-15)23(28)29)11-18(17)20(25)21(19)12-4-6-13(7-5-12)22(26)27/h1-11H. The summed E-state index contributed by atoms with van der Waals surface area (Å²) in [5.74, 6) is -0.742. The molecule has 10 nitrogen and oxygen atoms in total. The lowest BCUT2D eigenvalue weighted by Crippen LogP contribution is -2.29. The fraction of sp³-hybridized carbons (Fsp3) is 0. The number of hydrogen-bond donors (Lipinski definition) is 0. The molecular formula is C20H11N3O7. The summed E-state index contributed by atoms with van der Waals surface area (Å²) >= 11 is 0. The van der Waals surface area contributed by atoms with Gasteiger partial charge in [0, 0.05) is 18.2 Å². The van der Waals surface area contributed by atoms with E-state index in [9.17, 15) is 29.8 Å². The number of amides is 2. The molecule has 30 heavy (non-hydrogen) atoms. The van der Waals surface area contributed by atoms with Gasteiger partial charge in [0.15, 0.2) is 0 Å². The summed E-state index contributed by atoms with van der Waals surface area (Å²) in [4.78, 5) is 46.9. The van der Waals surface area contributed by atoms with Gasteiger partial charge >= 0.3 is 0 Å². The predicted molar refractivity (Wildman–Crippen MR) is 104 cm³/mol. The van der Waals surface area contributed by atoms with Crippen LogP contribution in [0.15, 0.2) is 66.7 Å². The van der Waals surface area contributed by atoms with Crippen molar-refractivity contribution in [3.05, 3.63) is 98.1 Å². The van der Waals surface area contributed by atoms with E-state index in [0.29, 0.717) is 0 Å². The van der Waals surface area contributed by atoms with E-state index in [1.54, 1.807) is 0 Å². The third-order valence-corrected chi connectivity index (χ3v) is 4.44. The highest BCUT2D eigenvalue weighted by molar-refractivity contribution is 6.34. The van der Waals surface area contributed by atoms with E-state index in [-0.39, 0.29) is 39.7 Å². The van der Waals surface area contributed by atoms with Crippen molar-refractivity contribution < 1.29 is 24.2 Å². The van der Waals surface area contributed by atoms with E-state index in [1.165, 1.54) is 66.7 Å². The number of carbonyl (C=O) groups excluding carboxylic acids is 2. The van der Waals surface area contributed by atoms with Crippen LogP contribution < -0.4 is 9.64 Å². The largest absolute Gasteiger partial charge is 0.457 e. The fourth-order valence-corrected chi connectivity index (χ4v) is 3.04. The first-order valence-electron chi connectivity index (χ1n) is 8.55. The Bertz CT molecular complexity index is 1220. The van der Waals surface area contributed by atoms with Crippen molar-refractivity contribution in [1.29, 1.82) is 0 Å². The van der Waals surface area contributed by atoms with Crippen LogP contribution in [0.25, 0.3) is 0 Å². The number of hydrogen-bond acceptors (Lipinski definition) is 7. The average molecular weight is 405 g/mol. The molecule has 0 bridgehead atoms. The van der Waals surface area contributed by atoms with Gasteiger partial charge in [-0.1, -0.05) is 6.07 Å². The van der Waals surface area contributed by atoms with Gasteiger partial charge < -0.3 is 4.74 Å². The van der Waals surface area contributed by atoms with Gasteiger partial charge in [-0.2, -0.15) is 0 Å². The average Bonchev–Trinajstić information content (AvgIpc) is 2.98. The van der Waals surface area contributed by atoms with Gasteiger partial charge in [0.2, 0.25) is 0 Å². The molecule has 0 unspecified atom stereocenters. The zero-order valence-corrected chi connectivity index (χ0v) is 15.1. The second kappa shape index (κ2) is 7.09. The predicted octanol–water partition coefficient (Wildman–Crippen LogP) is 4.10. The molecule has 0 aliphatic carbocycles. The third kappa shape index (κ3) is 3.22. The van der Waals surface area contributed by atoms with Crippen molar-refractivity contribution >= 4 is 28.9 Å². The lowest BCUT2D eigenvalue weighted by atomic mass is 10.1. The molecule has 10 heteroatoms. The normalized spacial score (nSPS) is 12.6. The molecule has 0 aromatic heterocycles. The Morgan fingerprint density at radius 3 is 2.00 bits per heavy atom. The van der Waals surface area contributed by atoms with E-state index in [4.69, 9.17) is 4.74 Å². The lowest BCUT2D eigenvalue weighted by molar-refractivity contribution is -0.385. The highest BCUT2D eigenvalue weighted by Gasteiger charge is 2.37. The number of fused-ring (bicyclic) bond motifs is 1. The van der Waals surface area contributed by atoms with Crippen LogP contribution in [-0.4, -0.2) is 21.7 Å². The number of nitro benzene ring substituents is 2. The maximum atomic E-state index is 12.8. The molecule has 4 rings (SSSR count). The molecule has 0 spiro atoms.